The van der Waals surface area contributed by atoms with E-state index in [2.05, 4.69) is 5.32 Å². The van der Waals surface area contributed by atoms with Crippen molar-refractivity contribution >= 4 is 34.1 Å². The zero-order chi connectivity index (χ0) is 14.7. The lowest BCUT2D eigenvalue weighted by Crippen LogP contribution is -2.28. The van der Waals surface area contributed by atoms with Crippen molar-refractivity contribution in [3.05, 3.63) is 17.0 Å². The highest BCUT2D eigenvalue weighted by Gasteiger charge is 2.30. The lowest BCUT2D eigenvalue weighted by atomic mass is 10.3. The fourth-order valence-corrected chi connectivity index (χ4v) is 2.55. The number of carbonyl (C=O) groups is 3. The average Bonchev–Trinajstić information content (AvgIpc) is 3.16. The van der Waals surface area contributed by atoms with E-state index in [-0.39, 0.29) is 30.7 Å². The maximum absolute atomic E-state index is 12.0. The SMILES string of the molecule is CN(CCC(=O)O)C(=O)c1ccc(NC(=O)C2CC2)s1. The van der Waals surface area contributed by atoms with Gasteiger partial charge in [-0.25, -0.2) is 0 Å². The van der Waals surface area contributed by atoms with Crippen molar-refractivity contribution in [1.82, 2.24) is 4.90 Å². The number of amides is 2. The molecule has 0 bridgehead atoms. The molecule has 1 aromatic rings. The maximum Gasteiger partial charge on any atom is 0.305 e. The third-order valence-electron chi connectivity index (χ3n) is 3.02. The van der Waals surface area contributed by atoms with Crippen LogP contribution in [0.15, 0.2) is 12.1 Å². The molecule has 0 saturated heterocycles. The van der Waals surface area contributed by atoms with Crippen LogP contribution in [0.5, 0.6) is 0 Å². The minimum absolute atomic E-state index is 0.00470. The van der Waals surface area contributed by atoms with Gasteiger partial charge in [-0.05, 0) is 25.0 Å². The zero-order valence-corrected chi connectivity index (χ0v) is 11.9. The van der Waals surface area contributed by atoms with Gasteiger partial charge in [-0.3, -0.25) is 14.4 Å². The Labute approximate surface area is 120 Å². The Morgan fingerprint density at radius 3 is 2.70 bits per heavy atom. The maximum atomic E-state index is 12.0. The largest absolute Gasteiger partial charge is 0.481 e. The van der Waals surface area contributed by atoms with Crippen molar-refractivity contribution < 1.29 is 19.5 Å². The van der Waals surface area contributed by atoms with Gasteiger partial charge in [-0.2, -0.15) is 0 Å². The summed E-state index contributed by atoms with van der Waals surface area (Å²) in [6, 6.07) is 3.34. The fourth-order valence-electron chi connectivity index (χ4n) is 1.64. The predicted octanol–water partition coefficient (Wildman–Crippen LogP) is 1.64. The van der Waals surface area contributed by atoms with E-state index in [0.29, 0.717) is 9.88 Å². The number of carbonyl (C=O) groups excluding carboxylic acids is 2. The van der Waals surface area contributed by atoms with Crippen molar-refractivity contribution in [3.63, 3.8) is 0 Å². The number of nitrogens with one attached hydrogen (secondary N) is 1. The Balaban J connectivity index is 1.91. The molecule has 1 aliphatic carbocycles. The molecule has 1 heterocycles. The summed E-state index contributed by atoms with van der Waals surface area (Å²) in [7, 11) is 1.56. The highest BCUT2D eigenvalue weighted by atomic mass is 32.1. The van der Waals surface area contributed by atoms with Gasteiger partial charge in [0.15, 0.2) is 0 Å². The number of nitrogens with zero attached hydrogens (tertiary/aromatic N) is 1. The summed E-state index contributed by atoms with van der Waals surface area (Å²) in [5, 5.41) is 12.0. The van der Waals surface area contributed by atoms with E-state index in [9.17, 15) is 14.4 Å². The van der Waals surface area contributed by atoms with Crippen LogP contribution in [0.4, 0.5) is 5.00 Å². The average molecular weight is 296 g/mol. The standard InChI is InChI=1S/C13H16N2O4S/c1-15(7-6-11(16)17)13(19)9-4-5-10(20-9)14-12(18)8-2-3-8/h4-5,8H,2-3,6-7H2,1H3,(H,14,18)(H,16,17). The van der Waals surface area contributed by atoms with Gasteiger partial charge in [-0.1, -0.05) is 0 Å². The van der Waals surface area contributed by atoms with Crippen LogP contribution in [0.25, 0.3) is 0 Å². The molecule has 20 heavy (non-hydrogen) atoms. The molecule has 0 atom stereocenters. The molecule has 2 rings (SSSR count). The van der Waals surface area contributed by atoms with Gasteiger partial charge in [0.1, 0.15) is 0 Å². The third kappa shape index (κ3) is 3.80. The first-order chi connectivity index (χ1) is 9.47. The molecular formula is C13H16N2O4S. The molecule has 7 heteroatoms. The van der Waals surface area contributed by atoms with Crippen LogP contribution in [-0.2, 0) is 9.59 Å². The molecule has 0 spiro atoms. The molecule has 0 aromatic carbocycles. The summed E-state index contributed by atoms with van der Waals surface area (Å²) in [6.07, 6.45) is 1.78. The van der Waals surface area contributed by atoms with Crippen molar-refractivity contribution in [3.8, 4) is 0 Å². The smallest absolute Gasteiger partial charge is 0.305 e. The van der Waals surface area contributed by atoms with Gasteiger partial charge in [0, 0.05) is 19.5 Å². The van der Waals surface area contributed by atoms with Gasteiger partial charge >= 0.3 is 5.97 Å². The summed E-state index contributed by atoms with van der Waals surface area (Å²) < 4.78 is 0. The monoisotopic (exact) mass is 296 g/mol. The first-order valence-corrected chi connectivity index (χ1v) is 7.17. The third-order valence-corrected chi connectivity index (χ3v) is 4.01. The topological polar surface area (TPSA) is 86.7 Å². The quantitative estimate of drug-likeness (QED) is 0.835. The van der Waals surface area contributed by atoms with E-state index in [0.717, 1.165) is 12.8 Å². The predicted molar refractivity (Wildman–Crippen MR) is 74.9 cm³/mol. The second-order valence-electron chi connectivity index (χ2n) is 4.80. The molecular weight excluding hydrogens is 280 g/mol. The molecule has 0 aliphatic heterocycles. The Bertz CT molecular complexity index is 536. The number of carboxylic acid groups (broad SMARTS) is 1. The molecule has 1 aromatic heterocycles. The molecule has 108 valence electrons. The lowest BCUT2D eigenvalue weighted by molar-refractivity contribution is -0.137. The first kappa shape index (κ1) is 14.5. The van der Waals surface area contributed by atoms with Gasteiger partial charge < -0.3 is 15.3 Å². The van der Waals surface area contributed by atoms with Crippen molar-refractivity contribution in [2.24, 2.45) is 5.92 Å². The zero-order valence-electron chi connectivity index (χ0n) is 11.1. The van der Waals surface area contributed by atoms with Crippen molar-refractivity contribution in [1.29, 1.82) is 0 Å². The number of thiophene rings is 1. The van der Waals surface area contributed by atoms with E-state index >= 15 is 0 Å². The summed E-state index contributed by atoms with van der Waals surface area (Å²) in [4.78, 5) is 36.0. The van der Waals surface area contributed by atoms with E-state index in [1.54, 1.807) is 19.2 Å². The minimum Gasteiger partial charge on any atom is -0.481 e. The number of carboxylic acids is 1. The summed E-state index contributed by atoms with van der Waals surface area (Å²) in [5.41, 5.74) is 0. The number of hydrogen-bond donors (Lipinski definition) is 2. The molecule has 1 saturated carbocycles. The lowest BCUT2D eigenvalue weighted by Gasteiger charge is -2.14. The van der Waals surface area contributed by atoms with Crippen LogP contribution in [0, 0.1) is 5.92 Å². The number of hydrogen-bond acceptors (Lipinski definition) is 4. The van der Waals surface area contributed by atoms with Crippen LogP contribution in [0.1, 0.15) is 28.9 Å². The Hall–Kier alpha value is -1.89. The van der Waals surface area contributed by atoms with Crippen LogP contribution < -0.4 is 5.32 Å². The summed E-state index contributed by atoms with van der Waals surface area (Å²) in [6.45, 7) is 0.163. The molecule has 2 N–H and O–H groups in total. The Kier molecular flexibility index (Phi) is 4.39. The van der Waals surface area contributed by atoms with E-state index in [4.69, 9.17) is 5.11 Å². The molecule has 0 unspecified atom stereocenters. The van der Waals surface area contributed by atoms with Gasteiger partial charge in [0.2, 0.25) is 5.91 Å². The first-order valence-electron chi connectivity index (χ1n) is 6.35. The van der Waals surface area contributed by atoms with Crippen LogP contribution >= 0.6 is 11.3 Å². The number of rotatable bonds is 6. The van der Waals surface area contributed by atoms with Gasteiger partial charge in [0.25, 0.3) is 5.91 Å². The highest BCUT2D eigenvalue weighted by molar-refractivity contribution is 7.18. The van der Waals surface area contributed by atoms with E-state index < -0.39 is 5.97 Å². The Morgan fingerprint density at radius 1 is 1.40 bits per heavy atom. The summed E-state index contributed by atoms with van der Waals surface area (Å²) >= 11 is 1.21. The molecule has 0 radical (unpaired) electrons. The van der Waals surface area contributed by atoms with Gasteiger partial charge in [0.05, 0.1) is 16.3 Å². The van der Waals surface area contributed by atoms with Crippen molar-refractivity contribution in [2.75, 3.05) is 18.9 Å². The van der Waals surface area contributed by atoms with E-state index in [1.165, 1.54) is 16.2 Å². The van der Waals surface area contributed by atoms with Gasteiger partial charge in [-0.15, -0.1) is 11.3 Å². The fraction of sp³-hybridized carbons (Fsp3) is 0.462. The van der Waals surface area contributed by atoms with Crippen LogP contribution in [0.2, 0.25) is 0 Å². The Morgan fingerprint density at radius 2 is 2.10 bits per heavy atom. The van der Waals surface area contributed by atoms with Crippen LogP contribution in [0.3, 0.4) is 0 Å². The minimum atomic E-state index is -0.937. The van der Waals surface area contributed by atoms with E-state index in [1.807, 2.05) is 0 Å². The molecule has 2 amide bonds. The van der Waals surface area contributed by atoms with Crippen molar-refractivity contribution in [2.45, 2.75) is 19.3 Å². The highest BCUT2D eigenvalue weighted by Crippen LogP contribution is 2.31. The second-order valence-corrected chi connectivity index (χ2v) is 5.88. The molecule has 1 aliphatic rings. The summed E-state index contributed by atoms with van der Waals surface area (Å²) in [5.74, 6) is -1.05. The van der Waals surface area contributed by atoms with Crippen LogP contribution in [-0.4, -0.2) is 41.4 Å². The normalized spacial score (nSPS) is 13.8. The number of anilines is 1. The molecule has 1 fully saturated rings. The number of aliphatic carboxylic acids is 1. The molecule has 6 nitrogen and oxygen atoms in total. The second kappa shape index (κ2) is 6.04.